The maximum Gasteiger partial charge on any atom is 0.337 e. The number of thiocarbonyl (C=S) groups is 1. The highest BCUT2D eigenvalue weighted by Gasteiger charge is 2.04. The lowest BCUT2D eigenvalue weighted by atomic mass is 10.2. The summed E-state index contributed by atoms with van der Waals surface area (Å²) in [7, 11) is 1.32. The van der Waals surface area contributed by atoms with Crippen molar-refractivity contribution in [1.82, 2.24) is 0 Å². The summed E-state index contributed by atoms with van der Waals surface area (Å²) in [4.78, 5) is 11.0. The van der Waals surface area contributed by atoms with Crippen molar-refractivity contribution in [2.45, 2.75) is 0 Å². The van der Waals surface area contributed by atoms with Crippen LogP contribution < -0.4 is 4.74 Å². The number of rotatable bonds is 2. The Morgan fingerprint density at radius 3 is 2.36 bits per heavy atom. The van der Waals surface area contributed by atoms with Crippen molar-refractivity contribution < 1.29 is 14.3 Å². The first-order valence-electron chi connectivity index (χ1n) is 3.69. The van der Waals surface area contributed by atoms with Gasteiger partial charge in [0.05, 0.1) is 12.7 Å². The molecule has 0 radical (unpaired) electrons. The molecule has 0 aliphatic carbocycles. The Hall–Kier alpha value is -1.13. The second-order valence-electron chi connectivity index (χ2n) is 2.36. The van der Waals surface area contributed by atoms with Crippen LogP contribution in [0.25, 0.3) is 0 Å². The third-order valence-corrected chi connectivity index (χ3v) is 1.63. The molecule has 0 aliphatic rings. The number of benzene rings is 1. The number of methoxy groups -OCH3 is 1. The standard InChI is InChI=1S/C9H7ClO3S/c1-12-8(11)6-2-4-7(5-3-6)13-9(10)14/h2-5H,1H3. The number of ether oxygens (including phenoxy) is 2. The molecule has 0 saturated carbocycles. The molecule has 0 bridgehead atoms. The van der Waals surface area contributed by atoms with E-state index < -0.39 is 5.97 Å². The Kier molecular flexibility index (Phi) is 3.85. The molecule has 0 atom stereocenters. The molecule has 0 aromatic heterocycles. The van der Waals surface area contributed by atoms with Crippen LogP contribution in [0, 0.1) is 0 Å². The normalized spacial score (nSPS) is 9.29. The minimum absolute atomic E-state index is 0.0872. The van der Waals surface area contributed by atoms with E-state index in [2.05, 4.69) is 17.0 Å². The van der Waals surface area contributed by atoms with Gasteiger partial charge in [0.2, 0.25) is 0 Å². The van der Waals surface area contributed by atoms with E-state index in [0.717, 1.165) is 0 Å². The minimum Gasteiger partial charge on any atom is -0.465 e. The Bertz CT molecular complexity index is 348. The summed E-state index contributed by atoms with van der Waals surface area (Å²) in [6, 6.07) is 6.30. The number of esters is 1. The van der Waals surface area contributed by atoms with Crippen LogP contribution in [0.15, 0.2) is 24.3 Å². The Balaban J connectivity index is 2.78. The van der Waals surface area contributed by atoms with Gasteiger partial charge in [-0.2, -0.15) is 0 Å². The fourth-order valence-corrected chi connectivity index (χ4v) is 1.05. The molecule has 5 heteroatoms. The molecular formula is C9H7ClO3S. The highest BCUT2D eigenvalue weighted by molar-refractivity contribution is 7.82. The number of hydrogen-bond donors (Lipinski definition) is 0. The van der Waals surface area contributed by atoms with Crippen molar-refractivity contribution in [1.29, 1.82) is 0 Å². The fourth-order valence-electron chi connectivity index (χ4n) is 0.870. The quantitative estimate of drug-likeness (QED) is 0.444. The van der Waals surface area contributed by atoms with Gasteiger partial charge in [-0.1, -0.05) is 0 Å². The molecule has 74 valence electrons. The van der Waals surface area contributed by atoms with Crippen molar-refractivity contribution in [2.75, 3.05) is 7.11 Å². The van der Waals surface area contributed by atoms with E-state index in [0.29, 0.717) is 11.3 Å². The topological polar surface area (TPSA) is 35.5 Å². The lowest BCUT2D eigenvalue weighted by molar-refractivity contribution is 0.0601. The SMILES string of the molecule is COC(=O)c1ccc(OC(=S)Cl)cc1. The van der Waals surface area contributed by atoms with Crippen molar-refractivity contribution in [3.05, 3.63) is 29.8 Å². The Morgan fingerprint density at radius 1 is 1.36 bits per heavy atom. The maximum atomic E-state index is 11.0. The van der Waals surface area contributed by atoms with Gasteiger partial charge in [0.1, 0.15) is 5.75 Å². The zero-order valence-electron chi connectivity index (χ0n) is 7.32. The van der Waals surface area contributed by atoms with Gasteiger partial charge in [-0.3, -0.25) is 0 Å². The summed E-state index contributed by atoms with van der Waals surface area (Å²) in [5.41, 5.74) is 0.445. The highest BCUT2D eigenvalue weighted by atomic mass is 35.5. The molecule has 1 aromatic rings. The minimum atomic E-state index is -0.398. The molecule has 0 heterocycles. The van der Waals surface area contributed by atoms with Crippen LogP contribution in [0.4, 0.5) is 0 Å². The Morgan fingerprint density at radius 2 is 1.93 bits per heavy atom. The van der Waals surface area contributed by atoms with Crippen molar-refractivity contribution in [3.8, 4) is 5.75 Å². The summed E-state index contributed by atoms with van der Waals surface area (Å²) < 4.78 is 9.37. The smallest absolute Gasteiger partial charge is 0.337 e. The lowest BCUT2D eigenvalue weighted by Crippen LogP contribution is -2.01. The van der Waals surface area contributed by atoms with Gasteiger partial charge in [-0.25, -0.2) is 4.79 Å². The summed E-state index contributed by atoms with van der Waals surface area (Å²) >= 11 is 9.90. The van der Waals surface area contributed by atoms with Crippen molar-refractivity contribution in [3.63, 3.8) is 0 Å². The molecule has 0 saturated heterocycles. The number of carbonyl (C=O) groups is 1. The molecule has 0 N–H and O–H groups in total. The van der Waals surface area contributed by atoms with Gasteiger partial charge < -0.3 is 9.47 Å². The summed E-state index contributed by atoms with van der Waals surface area (Å²) in [6.45, 7) is 0. The summed E-state index contributed by atoms with van der Waals surface area (Å²) in [5, 5.41) is 0. The van der Waals surface area contributed by atoms with Gasteiger partial charge in [0.15, 0.2) is 0 Å². The second-order valence-corrected chi connectivity index (χ2v) is 3.29. The van der Waals surface area contributed by atoms with Gasteiger partial charge in [-0.05, 0) is 48.1 Å². The van der Waals surface area contributed by atoms with E-state index in [1.165, 1.54) is 7.11 Å². The number of hydrogen-bond acceptors (Lipinski definition) is 4. The molecule has 1 aromatic carbocycles. The van der Waals surface area contributed by atoms with E-state index in [-0.39, 0.29) is 4.51 Å². The van der Waals surface area contributed by atoms with E-state index in [1.807, 2.05) is 0 Å². The average Bonchev–Trinajstić information content (AvgIpc) is 2.17. The second kappa shape index (κ2) is 4.93. The first kappa shape index (κ1) is 10.9. The molecule has 0 spiro atoms. The zero-order valence-corrected chi connectivity index (χ0v) is 8.89. The zero-order chi connectivity index (χ0) is 10.6. The van der Waals surface area contributed by atoms with Gasteiger partial charge in [0.25, 0.3) is 4.51 Å². The Labute approximate surface area is 91.6 Å². The van der Waals surface area contributed by atoms with E-state index >= 15 is 0 Å². The van der Waals surface area contributed by atoms with E-state index in [1.54, 1.807) is 24.3 Å². The third kappa shape index (κ3) is 2.97. The molecule has 1 rings (SSSR count). The van der Waals surface area contributed by atoms with Crippen LogP contribution in [0.2, 0.25) is 0 Å². The van der Waals surface area contributed by atoms with Crippen molar-refractivity contribution >= 4 is 34.3 Å². The van der Waals surface area contributed by atoms with E-state index in [4.69, 9.17) is 16.3 Å². The average molecular weight is 231 g/mol. The highest BCUT2D eigenvalue weighted by Crippen LogP contribution is 2.13. The fraction of sp³-hybridized carbons (Fsp3) is 0.111. The van der Waals surface area contributed by atoms with Gasteiger partial charge >= 0.3 is 5.97 Å². The predicted molar refractivity (Wildman–Crippen MR) is 56.9 cm³/mol. The van der Waals surface area contributed by atoms with Crippen LogP contribution in [0.3, 0.4) is 0 Å². The monoisotopic (exact) mass is 230 g/mol. The van der Waals surface area contributed by atoms with Crippen LogP contribution in [0.5, 0.6) is 5.75 Å². The molecule has 0 fully saturated rings. The lowest BCUT2D eigenvalue weighted by Gasteiger charge is -2.02. The third-order valence-electron chi connectivity index (χ3n) is 1.47. The van der Waals surface area contributed by atoms with E-state index in [9.17, 15) is 4.79 Å². The van der Waals surface area contributed by atoms with Crippen molar-refractivity contribution in [2.24, 2.45) is 0 Å². The molecule has 3 nitrogen and oxygen atoms in total. The summed E-state index contributed by atoms with van der Waals surface area (Å²) in [5.74, 6) is 0.0858. The molecule has 0 unspecified atom stereocenters. The molecule has 0 aliphatic heterocycles. The number of carbonyl (C=O) groups excluding carboxylic acids is 1. The van der Waals surface area contributed by atoms with Gasteiger partial charge in [-0.15, -0.1) is 0 Å². The van der Waals surface area contributed by atoms with Crippen LogP contribution >= 0.6 is 23.8 Å². The van der Waals surface area contributed by atoms with Crippen LogP contribution in [-0.2, 0) is 4.74 Å². The molecule has 0 amide bonds. The molecule has 14 heavy (non-hydrogen) atoms. The largest absolute Gasteiger partial charge is 0.465 e. The maximum absolute atomic E-state index is 11.0. The first-order valence-corrected chi connectivity index (χ1v) is 4.48. The van der Waals surface area contributed by atoms with Crippen LogP contribution in [0.1, 0.15) is 10.4 Å². The predicted octanol–water partition coefficient (Wildman–Crippen LogP) is 2.38. The summed E-state index contributed by atoms with van der Waals surface area (Å²) in [6.07, 6.45) is 0. The number of halogens is 1. The first-order chi connectivity index (χ1) is 6.63. The van der Waals surface area contributed by atoms with Gasteiger partial charge in [0, 0.05) is 0 Å². The molecular weight excluding hydrogens is 224 g/mol. The van der Waals surface area contributed by atoms with Crippen LogP contribution in [-0.4, -0.2) is 17.6 Å².